The van der Waals surface area contributed by atoms with Gasteiger partial charge in [0.2, 0.25) is 5.91 Å². The minimum atomic E-state index is -0.173. The monoisotopic (exact) mass is 526 g/mol. The normalized spacial score (nSPS) is 11.0. The molecule has 4 rings (SSSR count). The van der Waals surface area contributed by atoms with E-state index in [0.717, 1.165) is 16.8 Å². The molecule has 7 nitrogen and oxygen atoms in total. The van der Waals surface area contributed by atoms with Gasteiger partial charge in [0.25, 0.3) is 5.91 Å². The number of aromatic nitrogens is 1. The van der Waals surface area contributed by atoms with Gasteiger partial charge in [-0.1, -0.05) is 30.3 Å². The third-order valence-electron chi connectivity index (χ3n) is 7.03. The Morgan fingerprint density at radius 3 is 2.26 bits per heavy atom. The van der Waals surface area contributed by atoms with Crippen molar-refractivity contribution >= 4 is 28.4 Å². The fourth-order valence-electron chi connectivity index (χ4n) is 4.64. The zero-order chi connectivity index (χ0) is 27.9. The Morgan fingerprint density at radius 2 is 1.62 bits per heavy atom. The molecule has 0 saturated heterocycles. The Hall–Kier alpha value is -4.26. The molecule has 0 bridgehead atoms. The number of nitrogens with zero attached hydrogens (tertiary/aromatic N) is 3. The average Bonchev–Trinajstić information content (AvgIpc) is 3.36. The molecule has 0 unspecified atom stereocenters. The van der Waals surface area contributed by atoms with Crippen molar-refractivity contribution in [1.29, 1.82) is 0 Å². The summed E-state index contributed by atoms with van der Waals surface area (Å²) in [6.07, 6.45) is 2.73. The molecular formula is C32H38N4O3. The summed E-state index contributed by atoms with van der Waals surface area (Å²) in [5, 5.41) is 1.17. The molecule has 0 saturated carbocycles. The second kappa shape index (κ2) is 12.5. The van der Waals surface area contributed by atoms with Crippen LogP contribution < -0.4 is 9.64 Å². The van der Waals surface area contributed by atoms with Crippen LogP contribution in [0, 0.1) is 0 Å². The number of carbonyl (C=O) groups excluding carboxylic acids is 2. The SMILES string of the molecule is COc1ccc(C(=O)N(CC(=O)N(CCc2c[nH]c3ccccc23)Cc2ccc(N(C)C)cc2)C(C)C)cc1. The third-order valence-corrected chi connectivity index (χ3v) is 7.03. The van der Waals surface area contributed by atoms with Crippen LogP contribution in [-0.4, -0.2) is 66.9 Å². The molecule has 0 aliphatic rings. The van der Waals surface area contributed by atoms with E-state index in [1.165, 1.54) is 10.9 Å². The lowest BCUT2D eigenvalue weighted by molar-refractivity contribution is -0.132. The van der Waals surface area contributed by atoms with Crippen LogP contribution in [0.15, 0.2) is 79.0 Å². The maximum atomic E-state index is 13.8. The van der Waals surface area contributed by atoms with Crippen LogP contribution in [0.25, 0.3) is 10.9 Å². The Bertz CT molecular complexity index is 1390. The molecule has 7 heteroatoms. The summed E-state index contributed by atoms with van der Waals surface area (Å²) in [5.41, 5.74) is 4.93. The quantitative estimate of drug-likeness (QED) is 0.286. The lowest BCUT2D eigenvalue weighted by atomic mass is 10.1. The lowest BCUT2D eigenvalue weighted by Crippen LogP contribution is -2.46. The van der Waals surface area contributed by atoms with E-state index in [-0.39, 0.29) is 24.4 Å². The van der Waals surface area contributed by atoms with E-state index in [2.05, 4.69) is 46.3 Å². The van der Waals surface area contributed by atoms with Gasteiger partial charge in [0.15, 0.2) is 0 Å². The molecule has 0 radical (unpaired) electrons. The van der Waals surface area contributed by atoms with Gasteiger partial charge in [-0.3, -0.25) is 9.59 Å². The van der Waals surface area contributed by atoms with Gasteiger partial charge in [-0.05, 0) is 73.9 Å². The van der Waals surface area contributed by atoms with Crippen LogP contribution >= 0.6 is 0 Å². The zero-order valence-electron chi connectivity index (χ0n) is 23.5. The first-order valence-corrected chi connectivity index (χ1v) is 13.3. The topological polar surface area (TPSA) is 68.9 Å². The van der Waals surface area contributed by atoms with Gasteiger partial charge in [0.1, 0.15) is 12.3 Å². The summed E-state index contributed by atoms with van der Waals surface area (Å²) < 4.78 is 5.22. The molecule has 0 atom stereocenters. The summed E-state index contributed by atoms with van der Waals surface area (Å²) in [6, 6.07) is 23.3. The minimum Gasteiger partial charge on any atom is -0.497 e. The number of aromatic amines is 1. The molecular weight excluding hydrogens is 488 g/mol. The lowest BCUT2D eigenvalue weighted by Gasteiger charge is -2.30. The number of anilines is 1. The number of carbonyl (C=O) groups is 2. The van der Waals surface area contributed by atoms with E-state index in [0.29, 0.717) is 30.8 Å². The highest BCUT2D eigenvalue weighted by atomic mass is 16.5. The molecule has 1 N–H and O–H groups in total. The van der Waals surface area contributed by atoms with Crippen molar-refractivity contribution in [2.45, 2.75) is 32.9 Å². The molecule has 0 fully saturated rings. The molecule has 204 valence electrons. The van der Waals surface area contributed by atoms with Crippen molar-refractivity contribution in [1.82, 2.24) is 14.8 Å². The van der Waals surface area contributed by atoms with Gasteiger partial charge in [0.05, 0.1) is 7.11 Å². The summed E-state index contributed by atoms with van der Waals surface area (Å²) >= 11 is 0. The van der Waals surface area contributed by atoms with Crippen LogP contribution in [0.4, 0.5) is 5.69 Å². The van der Waals surface area contributed by atoms with Crippen molar-refractivity contribution in [2.24, 2.45) is 0 Å². The third kappa shape index (κ3) is 6.79. The van der Waals surface area contributed by atoms with Crippen LogP contribution in [-0.2, 0) is 17.8 Å². The Balaban J connectivity index is 1.54. The van der Waals surface area contributed by atoms with Crippen LogP contribution in [0.1, 0.15) is 35.3 Å². The smallest absolute Gasteiger partial charge is 0.254 e. The summed E-state index contributed by atoms with van der Waals surface area (Å²) in [6.45, 7) is 4.89. The Kier molecular flexibility index (Phi) is 8.92. The fourth-order valence-corrected chi connectivity index (χ4v) is 4.64. The minimum absolute atomic E-state index is 0.00615. The van der Waals surface area contributed by atoms with Crippen LogP contribution in [0.5, 0.6) is 5.75 Å². The highest BCUT2D eigenvalue weighted by Crippen LogP contribution is 2.20. The van der Waals surface area contributed by atoms with Crippen molar-refractivity contribution < 1.29 is 14.3 Å². The van der Waals surface area contributed by atoms with Gasteiger partial charge in [-0.25, -0.2) is 0 Å². The largest absolute Gasteiger partial charge is 0.497 e. The highest BCUT2D eigenvalue weighted by Gasteiger charge is 2.25. The van der Waals surface area contributed by atoms with Crippen LogP contribution in [0.3, 0.4) is 0 Å². The molecule has 2 amide bonds. The van der Waals surface area contributed by atoms with Gasteiger partial charge in [-0.15, -0.1) is 0 Å². The first-order valence-electron chi connectivity index (χ1n) is 13.3. The Morgan fingerprint density at radius 1 is 0.923 bits per heavy atom. The van der Waals surface area contributed by atoms with E-state index in [1.54, 1.807) is 36.3 Å². The molecule has 1 heterocycles. The number of benzene rings is 3. The molecule has 0 aliphatic heterocycles. The number of H-pyrrole nitrogens is 1. The van der Waals surface area contributed by atoms with Crippen LogP contribution in [0.2, 0.25) is 0 Å². The number of fused-ring (bicyclic) bond motifs is 1. The van der Waals surface area contributed by atoms with Crippen molar-refractivity contribution in [2.75, 3.05) is 39.2 Å². The summed E-state index contributed by atoms with van der Waals surface area (Å²) in [7, 11) is 5.60. The first kappa shape index (κ1) is 27.8. The first-order chi connectivity index (χ1) is 18.8. The van der Waals surface area contributed by atoms with E-state index >= 15 is 0 Å². The number of hydrogen-bond acceptors (Lipinski definition) is 4. The van der Waals surface area contributed by atoms with E-state index < -0.39 is 0 Å². The van der Waals surface area contributed by atoms with Crippen molar-refractivity contribution in [3.05, 3.63) is 95.7 Å². The predicted octanol–water partition coefficient (Wildman–Crippen LogP) is 5.36. The number of rotatable bonds is 11. The number of methoxy groups -OCH3 is 1. The Labute approximate surface area is 231 Å². The maximum Gasteiger partial charge on any atom is 0.254 e. The molecule has 4 aromatic rings. The highest BCUT2D eigenvalue weighted by molar-refractivity contribution is 5.96. The second-order valence-electron chi connectivity index (χ2n) is 10.2. The molecule has 0 spiro atoms. The zero-order valence-corrected chi connectivity index (χ0v) is 23.5. The van der Waals surface area contributed by atoms with Crippen molar-refractivity contribution in [3.63, 3.8) is 0 Å². The maximum absolute atomic E-state index is 13.8. The number of nitrogens with one attached hydrogen (secondary N) is 1. The number of ether oxygens (including phenoxy) is 1. The fraction of sp³-hybridized carbons (Fsp3) is 0.312. The predicted molar refractivity (Wildman–Crippen MR) is 157 cm³/mol. The van der Waals surface area contributed by atoms with E-state index in [1.807, 2.05) is 51.2 Å². The summed E-state index contributed by atoms with van der Waals surface area (Å²) in [4.78, 5) is 36.1. The molecule has 0 aliphatic carbocycles. The van der Waals surface area contributed by atoms with E-state index in [9.17, 15) is 9.59 Å². The van der Waals surface area contributed by atoms with Gasteiger partial charge < -0.3 is 24.4 Å². The van der Waals surface area contributed by atoms with Gasteiger partial charge >= 0.3 is 0 Å². The molecule has 39 heavy (non-hydrogen) atoms. The van der Waals surface area contributed by atoms with Gasteiger partial charge in [0, 0.05) is 61.6 Å². The second-order valence-corrected chi connectivity index (χ2v) is 10.2. The van der Waals surface area contributed by atoms with E-state index in [4.69, 9.17) is 4.74 Å². The number of hydrogen-bond donors (Lipinski definition) is 1. The summed E-state index contributed by atoms with van der Waals surface area (Å²) in [5.74, 6) is 0.428. The number of para-hydroxylation sites is 1. The van der Waals surface area contributed by atoms with Gasteiger partial charge in [-0.2, -0.15) is 0 Å². The molecule has 1 aromatic heterocycles. The number of amides is 2. The van der Waals surface area contributed by atoms with Crippen molar-refractivity contribution in [3.8, 4) is 5.75 Å². The average molecular weight is 527 g/mol. The standard InChI is InChI=1S/C32H38N4O3/c1-23(2)36(32(38)25-12-16-28(39-5)17-13-25)22-31(37)35(21-24-10-14-27(15-11-24)34(3)4)19-18-26-20-33-30-9-7-6-8-29(26)30/h6-17,20,23,33H,18-19,21-22H2,1-5H3. The molecule has 3 aromatic carbocycles.